The van der Waals surface area contributed by atoms with Crippen LogP contribution >= 0.6 is 0 Å². The lowest BCUT2D eigenvalue weighted by molar-refractivity contribution is 0.0945. The minimum absolute atomic E-state index is 0.0547. The number of fused-ring (bicyclic) bond motifs is 1. The first-order valence-electron chi connectivity index (χ1n) is 8.59. The number of hydrogen-bond acceptors (Lipinski definition) is 6. The number of rotatable bonds is 6. The molecule has 0 unspecified atom stereocenters. The number of ether oxygens (including phenoxy) is 1. The fourth-order valence-corrected chi connectivity index (χ4v) is 2.63. The van der Waals surface area contributed by atoms with Crippen LogP contribution in [0.3, 0.4) is 0 Å². The summed E-state index contributed by atoms with van der Waals surface area (Å²) >= 11 is 0. The SMILES string of the molecule is O=C(NCCOc1ccc2nnc(-c3ccccc3)n2n1)c1ccc[nH]c1=O. The van der Waals surface area contributed by atoms with Crippen molar-refractivity contribution in [2.75, 3.05) is 13.2 Å². The van der Waals surface area contributed by atoms with Gasteiger partial charge < -0.3 is 15.0 Å². The number of H-pyrrole nitrogens is 1. The third kappa shape index (κ3) is 3.58. The summed E-state index contributed by atoms with van der Waals surface area (Å²) in [6.07, 6.45) is 1.47. The Kier molecular flexibility index (Phi) is 4.79. The Labute approximate surface area is 159 Å². The molecule has 0 aliphatic rings. The van der Waals surface area contributed by atoms with E-state index in [1.54, 1.807) is 22.7 Å². The van der Waals surface area contributed by atoms with Gasteiger partial charge in [0.25, 0.3) is 11.5 Å². The van der Waals surface area contributed by atoms with E-state index in [9.17, 15) is 9.59 Å². The molecule has 9 heteroatoms. The van der Waals surface area contributed by atoms with Crippen LogP contribution in [0.5, 0.6) is 5.88 Å². The Morgan fingerprint density at radius 3 is 2.75 bits per heavy atom. The quantitative estimate of drug-likeness (QED) is 0.490. The monoisotopic (exact) mass is 376 g/mol. The van der Waals surface area contributed by atoms with Crippen LogP contribution in [0.25, 0.3) is 17.0 Å². The summed E-state index contributed by atoms with van der Waals surface area (Å²) in [5, 5.41) is 15.3. The zero-order valence-corrected chi connectivity index (χ0v) is 14.7. The van der Waals surface area contributed by atoms with Crippen LogP contribution in [0.15, 0.2) is 65.6 Å². The van der Waals surface area contributed by atoms with E-state index in [2.05, 4.69) is 25.6 Å². The number of amides is 1. The summed E-state index contributed by atoms with van der Waals surface area (Å²) in [5.41, 5.74) is 1.11. The lowest BCUT2D eigenvalue weighted by Crippen LogP contribution is -2.32. The van der Waals surface area contributed by atoms with Gasteiger partial charge in [0.05, 0.1) is 6.54 Å². The van der Waals surface area contributed by atoms with Crippen molar-refractivity contribution >= 4 is 11.6 Å². The number of hydrogen-bond donors (Lipinski definition) is 2. The van der Waals surface area contributed by atoms with Crippen molar-refractivity contribution in [1.82, 2.24) is 30.1 Å². The molecule has 140 valence electrons. The van der Waals surface area contributed by atoms with Crippen molar-refractivity contribution in [2.45, 2.75) is 0 Å². The van der Waals surface area contributed by atoms with Crippen molar-refractivity contribution in [3.8, 4) is 17.3 Å². The first-order chi connectivity index (χ1) is 13.7. The highest BCUT2D eigenvalue weighted by atomic mass is 16.5. The maximum absolute atomic E-state index is 12.0. The van der Waals surface area contributed by atoms with Gasteiger partial charge in [0.2, 0.25) is 5.88 Å². The molecule has 28 heavy (non-hydrogen) atoms. The topological polar surface area (TPSA) is 114 Å². The van der Waals surface area contributed by atoms with Crippen LogP contribution in [-0.2, 0) is 0 Å². The number of carbonyl (C=O) groups is 1. The molecule has 0 aliphatic heterocycles. The molecular formula is C19H16N6O3. The molecule has 0 atom stereocenters. The summed E-state index contributed by atoms with van der Waals surface area (Å²) in [7, 11) is 0. The smallest absolute Gasteiger partial charge is 0.260 e. The van der Waals surface area contributed by atoms with Crippen LogP contribution in [0.2, 0.25) is 0 Å². The Morgan fingerprint density at radius 2 is 1.93 bits per heavy atom. The minimum Gasteiger partial charge on any atom is -0.475 e. The van der Waals surface area contributed by atoms with Crippen LogP contribution in [0, 0.1) is 0 Å². The van der Waals surface area contributed by atoms with E-state index in [-0.39, 0.29) is 18.7 Å². The van der Waals surface area contributed by atoms with Gasteiger partial charge in [-0.15, -0.1) is 15.3 Å². The molecule has 3 aromatic heterocycles. The Morgan fingerprint density at radius 1 is 1.07 bits per heavy atom. The molecule has 4 rings (SSSR count). The molecule has 0 fully saturated rings. The fraction of sp³-hybridized carbons (Fsp3) is 0.105. The zero-order chi connectivity index (χ0) is 19.3. The highest BCUT2D eigenvalue weighted by Gasteiger charge is 2.11. The summed E-state index contributed by atoms with van der Waals surface area (Å²) in [5.74, 6) is 0.521. The van der Waals surface area contributed by atoms with E-state index in [4.69, 9.17) is 4.74 Å². The van der Waals surface area contributed by atoms with E-state index >= 15 is 0 Å². The highest BCUT2D eigenvalue weighted by Crippen LogP contribution is 2.18. The number of carbonyl (C=O) groups excluding carboxylic acids is 1. The molecule has 2 N–H and O–H groups in total. The Hall–Kier alpha value is -4.01. The molecular weight excluding hydrogens is 360 g/mol. The lowest BCUT2D eigenvalue weighted by Gasteiger charge is -2.07. The number of aromatic amines is 1. The van der Waals surface area contributed by atoms with Crippen molar-refractivity contribution in [2.24, 2.45) is 0 Å². The van der Waals surface area contributed by atoms with Crippen molar-refractivity contribution in [3.63, 3.8) is 0 Å². The molecule has 4 aromatic rings. The van der Waals surface area contributed by atoms with E-state index in [0.29, 0.717) is 17.4 Å². The zero-order valence-electron chi connectivity index (χ0n) is 14.7. The van der Waals surface area contributed by atoms with Crippen LogP contribution in [0.1, 0.15) is 10.4 Å². The lowest BCUT2D eigenvalue weighted by atomic mass is 10.2. The maximum Gasteiger partial charge on any atom is 0.260 e. The minimum atomic E-state index is -0.459. The average molecular weight is 376 g/mol. The average Bonchev–Trinajstić information content (AvgIpc) is 3.15. The second-order valence-corrected chi connectivity index (χ2v) is 5.85. The maximum atomic E-state index is 12.0. The highest BCUT2D eigenvalue weighted by molar-refractivity contribution is 5.93. The van der Waals surface area contributed by atoms with Crippen molar-refractivity contribution in [1.29, 1.82) is 0 Å². The van der Waals surface area contributed by atoms with Crippen LogP contribution in [-0.4, -0.2) is 43.9 Å². The van der Waals surface area contributed by atoms with Gasteiger partial charge in [-0.05, 0) is 18.2 Å². The molecule has 0 bridgehead atoms. The summed E-state index contributed by atoms with van der Waals surface area (Å²) in [6.45, 7) is 0.415. The van der Waals surface area contributed by atoms with Gasteiger partial charge in [0.15, 0.2) is 11.5 Å². The van der Waals surface area contributed by atoms with Crippen LogP contribution < -0.4 is 15.6 Å². The largest absolute Gasteiger partial charge is 0.475 e. The second-order valence-electron chi connectivity index (χ2n) is 5.85. The van der Waals surface area contributed by atoms with Gasteiger partial charge in [-0.1, -0.05) is 30.3 Å². The predicted octanol–water partition coefficient (Wildman–Crippen LogP) is 1.29. The third-order valence-corrected chi connectivity index (χ3v) is 3.97. The molecule has 0 aliphatic carbocycles. The van der Waals surface area contributed by atoms with E-state index < -0.39 is 11.5 Å². The predicted molar refractivity (Wildman–Crippen MR) is 101 cm³/mol. The molecule has 0 saturated carbocycles. The fourth-order valence-electron chi connectivity index (χ4n) is 2.63. The molecule has 1 aromatic carbocycles. The van der Waals surface area contributed by atoms with E-state index in [0.717, 1.165) is 5.56 Å². The van der Waals surface area contributed by atoms with Gasteiger partial charge >= 0.3 is 0 Å². The molecule has 9 nitrogen and oxygen atoms in total. The molecule has 0 saturated heterocycles. The third-order valence-electron chi connectivity index (χ3n) is 3.97. The second kappa shape index (κ2) is 7.70. The van der Waals surface area contributed by atoms with E-state index in [1.807, 2.05) is 30.3 Å². The van der Waals surface area contributed by atoms with Gasteiger partial charge in [0, 0.05) is 17.8 Å². The summed E-state index contributed by atoms with van der Waals surface area (Å²) < 4.78 is 7.21. The van der Waals surface area contributed by atoms with Gasteiger partial charge in [-0.2, -0.15) is 4.52 Å². The van der Waals surface area contributed by atoms with Gasteiger partial charge in [-0.25, -0.2) is 0 Å². The molecule has 3 heterocycles. The number of nitrogens with zero attached hydrogens (tertiary/aromatic N) is 4. The summed E-state index contributed by atoms with van der Waals surface area (Å²) in [4.78, 5) is 26.0. The van der Waals surface area contributed by atoms with Gasteiger partial charge in [-0.3, -0.25) is 9.59 Å². The number of pyridine rings is 1. The normalized spacial score (nSPS) is 10.7. The van der Waals surface area contributed by atoms with Crippen molar-refractivity contribution < 1.29 is 9.53 Å². The summed E-state index contributed by atoms with van der Waals surface area (Å²) in [6, 6.07) is 16.1. The standard InChI is InChI=1S/C19H16N6O3/c26-18-14(7-4-10-20-18)19(27)21-11-12-28-16-9-8-15-22-23-17(25(15)24-16)13-5-2-1-3-6-13/h1-10H,11-12H2,(H,20,26)(H,21,27). The first kappa shape index (κ1) is 17.4. The van der Waals surface area contributed by atoms with Crippen LogP contribution in [0.4, 0.5) is 0 Å². The first-order valence-corrected chi connectivity index (χ1v) is 8.59. The Balaban J connectivity index is 1.41. The molecule has 0 spiro atoms. The number of aromatic nitrogens is 5. The molecule has 1 amide bonds. The van der Waals surface area contributed by atoms with Gasteiger partial charge in [0.1, 0.15) is 12.2 Å². The number of nitrogens with one attached hydrogen (secondary N) is 2. The number of benzene rings is 1. The Bertz CT molecular complexity index is 1170. The van der Waals surface area contributed by atoms with Crippen molar-refractivity contribution in [3.05, 3.63) is 76.7 Å². The van der Waals surface area contributed by atoms with E-state index in [1.165, 1.54) is 12.3 Å². The molecule has 0 radical (unpaired) electrons.